The van der Waals surface area contributed by atoms with Crippen LogP contribution in [-0.2, 0) is 31.9 Å². The fourth-order valence-corrected chi connectivity index (χ4v) is 7.39. The Bertz CT molecular complexity index is 1020. The van der Waals surface area contributed by atoms with E-state index >= 15 is 0 Å². The Labute approximate surface area is 239 Å². The summed E-state index contributed by atoms with van der Waals surface area (Å²) in [6.07, 6.45) is -1.01. The van der Waals surface area contributed by atoms with E-state index in [1.807, 2.05) is 50.5 Å². The van der Waals surface area contributed by atoms with Crippen LogP contribution in [0.3, 0.4) is 0 Å². The number of hydrogen-bond acceptors (Lipinski definition) is 8. The zero-order valence-corrected chi connectivity index (χ0v) is 26.3. The topological polar surface area (TPSA) is 63.6 Å². The normalized spacial score (nSPS) is 28.1. The van der Waals surface area contributed by atoms with Crippen LogP contribution in [0.25, 0.3) is 0 Å². The van der Waals surface area contributed by atoms with E-state index in [0.717, 1.165) is 11.1 Å². The highest BCUT2D eigenvalue weighted by Crippen LogP contribution is 2.45. The molecule has 39 heavy (non-hydrogen) atoms. The van der Waals surface area contributed by atoms with Crippen LogP contribution in [0.2, 0.25) is 18.1 Å². The standard InChI is InChI=1S/C30H46N2O5SSi/c1-30(2,3)39(6,7)36-20-24-26(34-18-22-14-10-8-11-15-22)27(35-19-23-16-12-9-13-17-23)25-28(37-24)38-29(31(4)5)32(25)21-33/h8-17,24-29,33H,18-21H2,1-7H3/t24-,25-,26-,27-,28-,29?/m1/s1. The molecule has 0 amide bonds. The Balaban J connectivity index is 1.65. The summed E-state index contributed by atoms with van der Waals surface area (Å²) < 4.78 is 26.9. The SMILES string of the molecule is CN(C)C1S[C@H]2O[C@H](CO[Si](C)(C)C(C)(C)C)[C@@H](OCc3ccccc3)[C@H](OCc3ccccc3)[C@H]2N1CO. The number of rotatable bonds is 11. The second-order valence-corrected chi connectivity index (χ2v) is 18.2. The molecule has 1 unspecified atom stereocenters. The maximum Gasteiger partial charge on any atom is 0.192 e. The molecule has 0 aromatic heterocycles. The summed E-state index contributed by atoms with van der Waals surface area (Å²) in [7, 11) is 2.03. The molecule has 2 fully saturated rings. The second kappa shape index (κ2) is 13.1. The third-order valence-corrected chi connectivity index (χ3v) is 14.2. The Morgan fingerprint density at radius 3 is 1.95 bits per heavy atom. The van der Waals surface area contributed by atoms with Crippen molar-refractivity contribution in [3.8, 4) is 0 Å². The van der Waals surface area contributed by atoms with E-state index in [4.69, 9.17) is 18.6 Å². The molecule has 1 N–H and O–H groups in total. The van der Waals surface area contributed by atoms with E-state index in [2.05, 4.69) is 67.9 Å². The van der Waals surface area contributed by atoms with Gasteiger partial charge in [-0.15, -0.1) is 0 Å². The van der Waals surface area contributed by atoms with E-state index in [0.29, 0.717) is 19.8 Å². The number of aliphatic hydroxyl groups excluding tert-OH is 1. The number of aliphatic hydroxyl groups is 1. The Morgan fingerprint density at radius 1 is 0.923 bits per heavy atom. The molecule has 9 heteroatoms. The number of hydrogen-bond donors (Lipinski definition) is 1. The van der Waals surface area contributed by atoms with Gasteiger partial charge in [0.15, 0.2) is 8.32 Å². The van der Waals surface area contributed by atoms with Gasteiger partial charge >= 0.3 is 0 Å². The third-order valence-electron chi connectivity index (χ3n) is 8.13. The predicted octanol–water partition coefficient (Wildman–Crippen LogP) is 5.12. The summed E-state index contributed by atoms with van der Waals surface area (Å²) in [5.41, 5.74) is 1.97. The molecule has 0 radical (unpaired) electrons. The van der Waals surface area contributed by atoms with E-state index in [1.165, 1.54) is 0 Å². The molecule has 7 nitrogen and oxygen atoms in total. The van der Waals surface area contributed by atoms with Crippen LogP contribution >= 0.6 is 11.8 Å². The lowest BCUT2D eigenvalue weighted by Crippen LogP contribution is -2.63. The summed E-state index contributed by atoms with van der Waals surface area (Å²) in [4.78, 5) is 4.17. The fourth-order valence-electron chi connectivity index (χ4n) is 4.85. The average Bonchev–Trinajstić information content (AvgIpc) is 3.29. The van der Waals surface area contributed by atoms with Crippen molar-refractivity contribution >= 4 is 20.1 Å². The van der Waals surface area contributed by atoms with Crippen LogP contribution in [0, 0.1) is 0 Å². The van der Waals surface area contributed by atoms with Crippen LogP contribution in [0.1, 0.15) is 31.9 Å². The molecule has 2 saturated heterocycles. The van der Waals surface area contributed by atoms with Crippen molar-refractivity contribution in [3.63, 3.8) is 0 Å². The highest BCUT2D eigenvalue weighted by molar-refractivity contribution is 8.00. The maximum atomic E-state index is 10.5. The van der Waals surface area contributed by atoms with Crippen molar-refractivity contribution in [1.82, 2.24) is 9.80 Å². The summed E-state index contributed by atoms with van der Waals surface area (Å²) in [5.74, 6) is 0. The average molecular weight is 575 g/mol. The molecule has 0 bridgehead atoms. The Kier molecular flexibility index (Phi) is 10.3. The van der Waals surface area contributed by atoms with Crippen molar-refractivity contribution < 1.29 is 23.7 Å². The molecule has 2 aliphatic heterocycles. The van der Waals surface area contributed by atoms with E-state index < -0.39 is 8.32 Å². The lowest BCUT2D eigenvalue weighted by Gasteiger charge is -2.47. The first-order chi connectivity index (χ1) is 18.5. The van der Waals surface area contributed by atoms with Gasteiger partial charge in [0.25, 0.3) is 0 Å². The van der Waals surface area contributed by atoms with Gasteiger partial charge in [0.1, 0.15) is 29.2 Å². The van der Waals surface area contributed by atoms with Gasteiger partial charge in [0, 0.05) is 0 Å². The first-order valence-electron chi connectivity index (χ1n) is 13.8. The van der Waals surface area contributed by atoms with Crippen LogP contribution < -0.4 is 0 Å². The van der Waals surface area contributed by atoms with E-state index in [1.54, 1.807) is 11.8 Å². The van der Waals surface area contributed by atoms with Gasteiger partial charge < -0.3 is 23.7 Å². The largest absolute Gasteiger partial charge is 0.414 e. The minimum Gasteiger partial charge on any atom is -0.414 e. The van der Waals surface area contributed by atoms with Crippen LogP contribution in [-0.4, -0.2) is 85.9 Å². The molecule has 2 aromatic carbocycles. The Hall–Kier alpha value is -1.27. The highest BCUT2D eigenvalue weighted by atomic mass is 32.2. The minimum atomic E-state index is -2.03. The van der Waals surface area contributed by atoms with Gasteiger partial charge in [-0.3, -0.25) is 4.90 Å². The van der Waals surface area contributed by atoms with E-state index in [9.17, 15) is 5.11 Å². The molecular formula is C30H46N2O5SSi. The highest BCUT2D eigenvalue weighted by Gasteiger charge is 2.56. The van der Waals surface area contributed by atoms with Gasteiger partial charge in [-0.25, -0.2) is 4.90 Å². The van der Waals surface area contributed by atoms with Crippen LogP contribution in [0.4, 0.5) is 0 Å². The monoisotopic (exact) mass is 574 g/mol. The summed E-state index contributed by atoms with van der Waals surface area (Å²) >= 11 is 1.71. The molecule has 216 valence electrons. The van der Waals surface area contributed by atoms with Crippen LogP contribution in [0.15, 0.2) is 60.7 Å². The lowest BCUT2D eigenvalue weighted by atomic mass is 9.96. The van der Waals surface area contributed by atoms with Crippen molar-refractivity contribution in [3.05, 3.63) is 71.8 Å². The number of benzene rings is 2. The van der Waals surface area contributed by atoms with Crippen molar-refractivity contribution in [1.29, 1.82) is 0 Å². The Morgan fingerprint density at radius 2 is 1.46 bits per heavy atom. The van der Waals surface area contributed by atoms with Gasteiger partial charge in [-0.2, -0.15) is 0 Å². The molecule has 4 rings (SSSR count). The zero-order valence-electron chi connectivity index (χ0n) is 24.4. The number of fused-ring (bicyclic) bond motifs is 1. The smallest absolute Gasteiger partial charge is 0.192 e. The molecule has 0 spiro atoms. The van der Waals surface area contributed by atoms with Gasteiger partial charge in [-0.05, 0) is 43.4 Å². The maximum absolute atomic E-state index is 10.5. The molecule has 6 atom stereocenters. The van der Waals surface area contributed by atoms with Gasteiger partial charge in [-0.1, -0.05) is 93.2 Å². The lowest BCUT2D eigenvalue weighted by molar-refractivity contribution is -0.228. The van der Waals surface area contributed by atoms with Crippen molar-refractivity contribution in [2.75, 3.05) is 27.4 Å². The summed E-state index contributed by atoms with van der Waals surface area (Å²) in [5, 5.41) is 10.6. The minimum absolute atomic E-state index is 0.0392. The molecule has 2 heterocycles. The second-order valence-electron chi connectivity index (χ2n) is 12.2. The quantitative estimate of drug-likeness (QED) is 0.371. The molecular weight excluding hydrogens is 528 g/mol. The summed E-state index contributed by atoms with van der Waals surface area (Å²) in [6.45, 7) is 12.5. The molecule has 2 aromatic rings. The third kappa shape index (κ3) is 7.33. The first-order valence-corrected chi connectivity index (χ1v) is 17.7. The summed E-state index contributed by atoms with van der Waals surface area (Å²) in [6, 6.07) is 20.2. The number of thioether (sulfide) groups is 1. The van der Waals surface area contributed by atoms with Crippen molar-refractivity contribution in [2.24, 2.45) is 0 Å². The number of ether oxygens (including phenoxy) is 3. The van der Waals surface area contributed by atoms with Gasteiger partial charge in [0.2, 0.25) is 0 Å². The van der Waals surface area contributed by atoms with Gasteiger partial charge in [0.05, 0.1) is 32.6 Å². The molecule has 0 aliphatic carbocycles. The number of nitrogens with zero attached hydrogens (tertiary/aromatic N) is 2. The molecule has 0 saturated carbocycles. The molecule has 2 aliphatic rings. The fraction of sp³-hybridized carbons (Fsp3) is 0.600. The van der Waals surface area contributed by atoms with Crippen LogP contribution in [0.5, 0.6) is 0 Å². The zero-order chi connectivity index (χ0) is 28.2. The first kappa shape index (κ1) is 30.7. The van der Waals surface area contributed by atoms with Crippen molar-refractivity contribution in [2.45, 2.75) is 87.4 Å². The van der Waals surface area contributed by atoms with E-state index in [-0.39, 0.29) is 47.1 Å². The predicted molar refractivity (Wildman–Crippen MR) is 160 cm³/mol.